The maximum atomic E-state index is 9.47. The average molecular weight is 270 g/mol. The van der Waals surface area contributed by atoms with Gasteiger partial charge in [-0.15, -0.1) is 0 Å². The third-order valence-electron chi connectivity index (χ3n) is 3.66. The van der Waals surface area contributed by atoms with E-state index in [0.29, 0.717) is 5.92 Å². The van der Waals surface area contributed by atoms with Gasteiger partial charge >= 0.3 is 0 Å². The summed E-state index contributed by atoms with van der Waals surface area (Å²) in [6, 6.07) is 15.8. The van der Waals surface area contributed by atoms with E-state index >= 15 is 0 Å². The Morgan fingerprint density at radius 1 is 0.850 bits per heavy atom. The van der Waals surface area contributed by atoms with Crippen LogP contribution in [0.1, 0.15) is 50.3 Å². The van der Waals surface area contributed by atoms with Gasteiger partial charge in [0.15, 0.2) is 0 Å². The molecule has 0 aliphatic rings. The fourth-order valence-corrected chi connectivity index (χ4v) is 2.05. The van der Waals surface area contributed by atoms with E-state index in [9.17, 15) is 5.11 Å². The molecular formula is C18H22O2. The van der Waals surface area contributed by atoms with Crippen LogP contribution < -0.4 is 4.74 Å². The van der Waals surface area contributed by atoms with Gasteiger partial charge in [0.25, 0.3) is 0 Å². The molecule has 0 bridgehead atoms. The summed E-state index contributed by atoms with van der Waals surface area (Å²) >= 11 is 0. The van der Waals surface area contributed by atoms with E-state index in [1.165, 1.54) is 5.56 Å². The number of hydrogen-bond acceptors (Lipinski definition) is 2. The van der Waals surface area contributed by atoms with Gasteiger partial charge < -0.3 is 9.84 Å². The van der Waals surface area contributed by atoms with E-state index < -0.39 is 6.10 Å². The molecule has 0 radical (unpaired) electrons. The average Bonchev–Trinajstić information content (AvgIpc) is 2.48. The molecule has 106 valence electrons. The largest absolute Gasteiger partial charge is 0.457 e. The zero-order valence-electron chi connectivity index (χ0n) is 12.3. The molecule has 2 aromatic carbocycles. The molecule has 0 spiro atoms. The van der Waals surface area contributed by atoms with Crippen molar-refractivity contribution in [1.29, 1.82) is 0 Å². The maximum absolute atomic E-state index is 9.47. The molecule has 0 aromatic heterocycles. The molecule has 1 N–H and O–H groups in total. The molecule has 2 rings (SSSR count). The second-order valence-corrected chi connectivity index (χ2v) is 5.23. The lowest BCUT2D eigenvalue weighted by molar-refractivity contribution is 0.199. The van der Waals surface area contributed by atoms with Crippen LogP contribution in [-0.2, 0) is 0 Å². The highest BCUT2D eigenvalue weighted by Crippen LogP contribution is 2.26. The first-order valence-corrected chi connectivity index (χ1v) is 7.16. The van der Waals surface area contributed by atoms with E-state index in [-0.39, 0.29) is 0 Å². The summed E-state index contributed by atoms with van der Waals surface area (Å²) in [6.45, 7) is 6.17. The predicted molar refractivity (Wildman–Crippen MR) is 82.3 cm³/mol. The molecule has 0 fully saturated rings. The maximum Gasteiger partial charge on any atom is 0.127 e. The molecule has 20 heavy (non-hydrogen) atoms. The molecule has 2 heteroatoms. The number of rotatable bonds is 5. The lowest BCUT2D eigenvalue weighted by Gasteiger charge is -2.11. The topological polar surface area (TPSA) is 29.5 Å². The Balaban J connectivity index is 2.06. The Hall–Kier alpha value is -1.80. The highest BCUT2D eigenvalue weighted by Gasteiger charge is 2.04. The zero-order chi connectivity index (χ0) is 14.5. The molecule has 0 aliphatic heterocycles. The smallest absolute Gasteiger partial charge is 0.127 e. The van der Waals surface area contributed by atoms with Crippen molar-refractivity contribution < 1.29 is 9.84 Å². The van der Waals surface area contributed by atoms with E-state index in [0.717, 1.165) is 23.5 Å². The minimum atomic E-state index is -0.445. The second kappa shape index (κ2) is 6.58. The summed E-state index contributed by atoms with van der Waals surface area (Å²) in [6.07, 6.45) is 0.694. The van der Waals surface area contributed by atoms with Gasteiger partial charge in [-0.25, -0.2) is 0 Å². The molecule has 2 atom stereocenters. The van der Waals surface area contributed by atoms with Gasteiger partial charge in [0.1, 0.15) is 11.5 Å². The number of ether oxygens (including phenoxy) is 1. The van der Waals surface area contributed by atoms with Crippen LogP contribution >= 0.6 is 0 Å². The lowest BCUT2D eigenvalue weighted by atomic mass is 9.99. The Morgan fingerprint density at radius 2 is 1.30 bits per heavy atom. The Kier molecular flexibility index (Phi) is 4.80. The van der Waals surface area contributed by atoms with E-state index in [2.05, 4.69) is 26.0 Å². The summed E-state index contributed by atoms with van der Waals surface area (Å²) in [4.78, 5) is 0. The van der Waals surface area contributed by atoms with Crippen LogP contribution in [0.3, 0.4) is 0 Å². The van der Waals surface area contributed by atoms with Crippen molar-refractivity contribution in [2.75, 3.05) is 0 Å². The van der Waals surface area contributed by atoms with Crippen molar-refractivity contribution in [1.82, 2.24) is 0 Å². The van der Waals surface area contributed by atoms with Crippen LogP contribution in [0.15, 0.2) is 48.5 Å². The molecule has 0 aliphatic carbocycles. The molecule has 1 unspecified atom stereocenters. The van der Waals surface area contributed by atoms with Gasteiger partial charge in [-0.05, 0) is 54.7 Å². The van der Waals surface area contributed by atoms with Crippen molar-refractivity contribution in [3.63, 3.8) is 0 Å². The van der Waals surface area contributed by atoms with Crippen LogP contribution in [0.25, 0.3) is 0 Å². The minimum absolute atomic E-state index is 0.445. The van der Waals surface area contributed by atoms with Crippen molar-refractivity contribution in [2.24, 2.45) is 0 Å². The molecule has 0 heterocycles. The number of benzene rings is 2. The van der Waals surface area contributed by atoms with Gasteiger partial charge in [0.05, 0.1) is 6.10 Å². The summed E-state index contributed by atoms with van der Waals surface area (Å²) in [5.41, 5.74) is 2.23. The molecular weight excluding hydrogens is 248 g/mol. The monoisotopic (exact) mass is 270 g/mol. The van der Waals surface area contributed by atoms with Crippen molar-refractivity contribution in [3.05, 3.63) is 59.7 Å². The Bertz CT molecular complexity index is 526. The first-order valence-electron chi connectivity index (χ1n) is 7.16. The van der Waals surface area contributed by atoms with Crippen molar-refractivity contribution in [3.8, 4) is 11.5 Å². The zero-order valence-corrected chi connectivity index (χ0v) is 12.3. The van der Waals surface area contributed by atoms with Crippen LogP contribution in [0, 0.1) is 0 Å². The molecule has 0 saturated heterocycles. The van der Waals surface area contributed by atoms with Gasteiger partial charge in [0, 0.05) is 0 Å². The summed E-state index contributed by atoms with van der Waals surface area (Å²) in [5, 5.41) is 9.47. The van der Waals surface area contributed by atoms with Crippen molar-refractivity contribution in [2.45, 2.75) is 39.2 Å². The fourth-order valence-electron chi connectivity index (χ4n) is 2.05. The number of hydrogen-bond donors (Lipinski definition) is 1. The normalized spacial score (nSPS) is 13.8. The van der Waals surface area contributed by atoms with Crippen LogP contribution in [0.2, 0.25) is 0 Å². The third kappa shape index (κ3) is 3.61. The van der Waals surface area contributed by atoms with E-state index in [1.54, 1.807) is 6.92 Å². The summed E-state index contributed by atoms with van der Waals surface area (Å²) < 4.78 is 5.80. The highest BCUT2D eigenvalue weighted by atomic mass is 16.5. The standard InChI is InChI=1S/C18H22O2/c1-4-13(2)15-5-9-17(10-6-15)20-18-11-7-16(8-12-18)14(3)19/h5-14,19H,4H2,1-3H3/t13?,14-/m0/s1. The van der Waals surface area contributed by atoms with Gasteiger partial charge in [-0.1, -0.05) is 38.1 Å². The third-order valence-corrected chi connectivity index (χ3v) is 3.66. The molecule has 0 saturated carbocycles. The second-order valence-electron chi connectivity index (χ2n) is 5.23. The van der Waals surface area contributed by atoms with Gasteiger partial charge in [-0.2, -0.15) is 0 Å². The van der Waals surface area contributed by atoms with Crippen LogP contribution in [0.5, 0.6) is 11.5 Å². The predicted octanol–water partition coefficient (Wildman–Crippen LogP) is 5.05. The molecule has 2 nitrogen and oxygen atoms in total. The van der Waals surface area contributed by atoms with E-state index in [1.807, 2.05) is 36.4 Å². The molecule has 0 amide bonds. The SMILES string of the molecule is CCC(C)c1ccc(Oc2ccc([C@H](C)O)cc2)cc1. The number of aliphatic hydroxyl groups is 1. The Labute approximate surface area is 121 Å². The van der Waals surface area contributed by atoms with Crippen LogP contribution in [-0.4, -0.2) is 5.11 Å². The van der Waals surface area contributed by atoms with Crippen molar-refractivity contribution >= 4 is 0 Å². The number of aliphatic hydroxyl groups excluding tert-OH is 1. The fraction of sp³-hybridized carbons (Fsp3) is 0.333. The van der Waals surface area contributed by atoms with Gasteiger partial charge in [0.2, 0.25) is 0 Å². The molecule has 2 aromatic rings. The first kappa shape index (κ1) is 14.6. The summed E-state index contributed by atoms with van der Waals surface area (Å²) in [7, 11) is 0. The quantitative estimate of drug-likeness (QED) is 0.824. The van der Waals surface area contributed by atoms with Gasteiger partial charge in [-0.3, -0.25) is 0 Å². The lowest BCUT2D eigenvalue weighted by Crippen LogP contribution is -1.92. The minimum Gasteiger partial charge on any atom is -0.457 e. The highest BCUT2D eigenvalue weighted by molar-refractivity contribution is 5.35. The Morgan fingerprint density at radius 3 is 1.70 bits per heavy atom. The summed E-state index contributed by atoms with van der Waals surface area (Å²) in [5.74, 6) is 2.20. The van der Waals surface area contributed by atoms with E-state index in [4.69, 9.17) is 4.74 Å². The first-order chi connectivity index (χ1) is 9.60. The van der Waals surface area contributed by atoms with Crippen LogP contribution in [0.4, 0.5) is 0 Å².